The second-order valence-corrected chi connectivity index (χ2v) is 8.28. The number of methoxy groups -OCH3 is 1. The summed E-state index contributed by atoms with van der Waals surface area (Å²) in [6.45, 7) is 3.33. The summed E-state index contributed by atoms with van der Waals surface area (Å²) in [5.74, 6) is 0.647. The van der Waals surface area contributed by atoms with Gasteiger partial charge in [0.25, 0.3) is 11.5 Å². The van der Waals surface area contributed by atoms with Crippen molar-refractivity contribution in [3.8, 4) is 5.75 Å². The molecule has 3 aromatic rings. The van der Waals surface area contributed by atoms with Gasteiger partial charge in [0.15, 0.2) is 4.96 Å². The summed E-state index contributed by atoms with van der Waals surface area (Å²) in [5.41, 5.74) is 1.31. The van der Waals surface area contributed by atoms with E-state index in [0.717, 1.165) is 23.3 Å². The topological polar surface area (TPSA) is 67.2 Å². The molecule has 7 nitrogen and oxygen atoms in total. The predicted molar refractivity (Wildman–Crippen MR) is 111 cm³/mol. The molecule has 146 valence electrons. The molecule has 28 heavy (non-hydrogen) atoms. The van der Waals surface area contributed by atoms with Gasteiger partial charge < -0.3 is 9.64 Å². The number of hydrogen-bond donors (Lipinski definition) is 0. The fourth-order valence-corrected chi connectivity index (χ4v) is 4.43. The van der Waals surface area contributed by atoms with E-state index in [4.69, 9.17) is 4.74 Å². The van der Waals surface area contributed by atoms with Gasteiger partial charge >= 0.3 is 0 Å². The van der Waals surface area contributed by atoms with Crippen LogP contribution in [0.3, 0.4) is 0 Å². The van der Waals surface area contributed by atoms with Gasteiger partial charge in [-0.3, -0.25) is 18.9 Å². The zero-order valence-electron chi connectivity index (χ0n) is 15.3. The van der Waals surface area contributed by atoms with Crippen LogP contribution in [-0.2, 0) is 6.54 Å². The Morgan fingerprint density at radius 2 is 2.04 bits per heavy atom. The monoisotopic (exact) mass is 462 g/mol. The van der Waals surface area contributed by atoms with Crippen molar-refractivity contribution in [3.63, 3.8) is 0 Å². The molecule has 1 fully saturated rings. The number of aromatic nitrogens is 2. The highest BCUT2D eigenvalue weighted by Gasteiger charge is 2.24. The molecule has 1 aliphatic rings. The highest BCUT2D eigenvalue weighted by Crippen LogP contribution is 2.24. The standard InChI is InChI=1S/C19H19BrN4O3S/c1-27-14-2-3-16(20)15(11-14)18(26)23-6-4-22(5-7-23)12-13-10-17(25)24-8-9-28-19(24)21-13/h2-3,8-11H,4-7,12H2,1H3. The van der Waals surface area contributed by atoms with Crippen LogP contribution in [0.2, 0.25) is 0 Å². The smallest absolute Gasteiger partial charge is 0.258 e. The average Bonchev–Trinajstić information content (AvgIpc) is 3.18. The Morgan fingerprint density at radius 3 is 2.79 bits per heavy atom. The van der Waals surface area contributed by atoms with Crippen molar-refractivity contribution in [1.29, 1.82) is 0 Å². The van der Waals surface area contributed by atoms with Crippen LogP contribution in [0.4, 0.5) is 0 Å². The molecule has 0 bridgehead atoms. The molecule has 0 aliphatic carbocycles. The SMILES string of the molecule is COc1ccc(Br)c(C(=O)N2CCN(Cc3cc(=O)n4ccsc4n3)CC2)c1. The molecule has 0 N–H and O–H groups in total. The number of rotatable bonds is 4. The molecule has 2 aromatic heterocycles. The lowest BCUT2D eigenvalue weighted by Gasteiger charge is -2.34. The summed E-state index contributed by atoms with van der Waals surface area (Å²) in [7, 11) is 1.59. The molecule has 0 spiro atoms. The highest BCUT2D eigenvalue weighted by atomic mass is 79.9. The lowest BCUT2D eigenvalue weighted by atomic mass is 10.1. The first-order valence-corrected chi connectivity index (χ1v) is 10.5. The maximum absolute atomic E-state index is 12.9. The van der Waals surface area contributed by atoms with Crippen LogP contribution in [0.25, 0.3) is 4.96 Å². The second-order valence-electron chi connectivity index (χ2n) is 6.56. The van der Waals surface area contributed by atoms with Gasteiger partial charge in [-0.1, -0.05) is 0 Å². The first-order chi connectivity index (χ1) is 13.5. The maximum atomic E-state index is 12.9. The van der Waals surface area contributed by atoms with E-state index in [1.54, 1.807) is 29.8 Å². The number of thiazole rings is 1. The van der Waals surface area contributed by atoms with E-state index < -0.39 is 0 Å². The number of amides is 1. The molecular formula is C19H19BrN4O3S. The molecule has 3 heterocycles. The molecule has 4 rings (SSSR count). The predicted octanol–water partition coefficient (Wildman–Crippen LogP) is 2.49. The Hall–Kier alpha value is -2.23. The van der Waals surface area contributed by atoms with Gasteiger partial charge in [-0.25, -0.2) is 4.98 Å². The summed E-state index contributed by atoms with van der Waals surface area (Å²) in [4.78, 5) is 34.3. The Morgan fingerprint density at radius 1 is 1.25 bits per heavy atom. The first kappa shape index (κ1) is 19.1. The zero-order valence-corrected chi connectivity index (χ0v) is 17.7. The summed E-state index contributed by atoms with van der Waals surface area (Å²) >= 11 is 4.90. The van der Waals surface area contributed by atoms with Gasteiger partial charge in [-0.05, 0) is 34.1 Å². The van der Waals surface area contributed by atoms with Gasteiger partial charge in [-0.15, -0.1) is 11.3 Å². The zero-order chi connectivity index (χ0) is 19.7. The van der Waals surface area contributed by atoms with Gasteiger partial charge in [0.2, 0.25) is 0 Å². The van der Waals surface area contributed by atoms with Crippen molar-refractivity contribution >= 4 is 38.1 Å². The Labute approximate surface area is 174 Å². The lowest BCUT2D eigenvalue weighted by molar-refractivity contribution is 0.0626. The number of halogens is 1. The minimum atomic E-state index is -0.0575. The van der Waals surface area contributed by atoms with Crippen LogP contribution in [0.5, 0.6) is 5.75 Å². The van der Waals surface area contributed by atoms with E-state index in [-0.39, 0.29) is 11.5 Å². The molecule has 0 radical (unpaired) electrons. The summed E-state index contributed by atoms with van der Waals surface area (Å²) < 4.78 is 7.54. The van der Waals surface area contributed by atoms with E-state index in [0.29, 0.717) is 35.9 Å². The van der Waals surface area contributed by atoms with Crippen LogP contribution in [0.1, 0.15) is 16.1 Å². The number of benzene rings is 1. The number of fused-ring (bicyclic) bond motifs is 1. The molecule has 1 saturated heterocycles. The number of hydrogen-bond acceptors (Lipinski definition) is 6. The summed E-state index contributed by atoms with van der Waals surface area (Å²) in [6, 6.07) is 6.99. The molecule has 0 saturated carbocycles. The molecule has 1 aliphatic heterocycles. The maximum Gasteiger partial charge on any atom is 0.258 e. The first-order valence-electron chi connectivity index (χ1n) is 8.86. The minimum absolute atomic E-state index is 0.0122. The number of carbonyl (C=O) groups is 1. The fraction of sp³-hybridized carbons (Fsp3) is 0.316. The van der Waals surface area contributed by atoms with Crippen LogP contribution >= 0.6 is 27.3 Å². The third-order valence-corrected chi connectivity index (χ3v) is 6.25. The fourth-order valence-electron chi connectivity index (χ4n) is 3.27. The lowest BCUT2D eigenvalue weighted by Crippen LogP contribution is -2.48. The van der Waals surface area contributed by atoms with Gasteiger partial charge in [0.05, 0.1) is 18.4 Å². The van der Waals surface area contributed by atoms with Crippen molar-refractivity contribution < 1.29 is 9.53 Å². The Bertz CT molecular complexity index is 1070. The van der Waals surface area contributed by atoms with Gasteiger partial charge in [0.1, 0.15) is 5.75 Å². The second kappa shape index (κ2) is 8.02. The molecule has 9 heteroatoms. The molecule has 1 aromatic carbocycles. The van der Waals surface area contributed by atoms with Gasteiger partial charge in [-0.2, -0.15) is 0 Å². The van der Waals surface area contributed by atoms with E-state index in [1.165, 1.54) is 11.3 Å². The molecular weight excluding hydrogens is 444 g/mol. The van der Waals surface area contributed by atoms with Crippen molar-refractivity contribution in [1.82, 2.24) is 19.2 Å². The van der Waals surface area contributed by atoms with Crippen LogP contribution in [0.15, 0.2) is 45.1 Å². The minimum Gasteiger partial charge on any atom is -0.497 e. The van der Waals surface area contributed by atoms with Crippen LogP contribution < -0.4 is 10.3 Å². The van der Waals surface area contributed by atoms with Crippen molar-refractivity contribution in [2.24, 2.45) is 0 Å². The number of carbonyl (C=O) groups excluding carboxylic acids is 1. The molecule has 0 unspecified atom stereocenters. The van der Waals surface area contributed by atoms with Gasteiger partial charge in [0, 0.05) is 54.8 Å². The Balaban J connectivity index is 1.41. The Kier molecular flexibility index (Phi) is 5.47. The third kappa shape index (κ3) is 3.82. The number of ether oxygens (including phenoxy) is 1. The molecule has 1 amide bonds. The van der Waals surface area contributed by atoms with Crippen molar-refractivity contribution in [2.45, 2.75) is 6.54 Å². The van der Waals surface area contributed by atoms with Crippen molar-refractivity contribution in [3.05, 3.63) is 61.9 Å². The number of nitrogens with zero attached hydrogens (tertiary/aromatic N) is 4. The van der Waals surface area contributed by atoms with E-state index in [9.17, 15) is 9.59 Å². The summed E-state index contributed by atoms with van der Waals surface area (Å²) in [5, 5.41) is 1.86. The highest BCUT2D eigenvalue weighted by molar-refractivity contribution is 9.10. The molecule has 0 atom stereocenters. The van der Waals surface area contributed by atoms with E-state index in [2.05, 4.69) is 25.8 Å². The quantitative estimate of drug-likeness (QED) is 0.595. The average molecular weight is 463 g/mol. The number of piperazine rings is 1. The van der Waals surface area contributed by atoms with Crippen LogP contribution in [0, 0.1) is 0 Å². The third-order valence-electron chi connectivity index (χ3n) is 4.81. The van der Waals surface area contributed by atoms with E-state index in [1.807, 2.05) is 22.4 Å². The summed E-state index contributed by atoms with van der Waals surface area (Å²) in [6.07, 6.45) is 1.74. The van der Waals surface area contributed by atoms with Crippen LogP contribution in [-0.4, -0.2) is 58.4 Å². The van der Waals surface area contributed by atoms with Crippen molar-refractivity contribution in [2.75, 3.05) is 33.3 Å². The largest absolute Gasteiger partial charge is 0.497 e. The van der Waals surface area contributed by atoms with E-state index >= 15 is 0 Å². The normalized spacial score (nSPS) is 15.1.